The Bertz CT molecular complexity index is 559. The Balaban J connectivity index is 0.000000238. The van der Waals surface area contributed by atoms with Gasteiger partial charge in [-0.25, -0.2) is 0 Å². The number of aromatic nitrogens is 1. The quantitative estimate of drug-likeness (QED) is 0.724. The Morgan fingerprint density at radius 1 is 1.09 bits per heavy atom. The average molecular weight is 331 g/mol. The minimum Gasteiger partial charge on any atom is -0.264 e. The van der Waals surface area contributed by atoms with Gasteiger partial charge in [-0.1, -0.05) is 56.1 Å². The molecule has 2 aromatic rings. The van der Waals surface area contributed by atoms with E-state index in [1.165, 1.54) is 16.7 Å². The van der Waals surface area contributed by atoms with Crippen molar-refractivity contribution in [2.45, 2.75) is 58.8 Å². The summed E-state index contributed by atoms with van der Waals surface area (Å²) in [5.74, 6) is 0.591. The molecule has 0 unspecified atom stereocenters. The van der Waals surface area contributed by atoms with Crippen LogP contribution in [0.25, 0.3) is 0 Å². The van der Waals surface area contributed by atoms with Gasteiger partial charge in [0.2, 0.25) is 0 Å². The fourth-order valence-corrected chi connectivity index (χ4v) is 2.68. The predicted molar refractivity (Wildman–Crippen MR) is 104 cm³/mol. The van der Waals surface area contributed by atoms with Gasteiger partial charge in [0.15, 0.2) is 0 Å². The van der Waals surface area contributed by atoms with E-state index >= 15 is 0 Å². The second kappa shape index (κ2) is 9.74. The molecule has 0 bridgehead atoms. The Hall–Kier alpha value is -1.32. The van der Waals surface area contributed by atoms with Crippen molar-refractivity contribution in [2.75, 3.05) is 0 Å². The first-order valence-electron chi connectivity index (χ1n) is 8.15. The van der Waals surface area contributed by atoms with Crippen LogP contribution in [0, 0.1) is 6.92 Å². The van der Waals surface area contributed by atoms with Crippen molar-refractivity contribution in [2.24, 2.45) is 0 Å². The van der Waals surface area contributed by atoms with E-state index in [1.54, 1.807) is 11.9 Å². The lowest BCUT2D eigenvalue weighted by Gasteiger charge is -2.17. The number of hydrogen-bond acceptors (Lipinski definition) is 3. The van der Waals surface area contributed by atoms with E-state index < -0.39 is 0 Å². The van der Waals surface area contributed by atoms with Crippen LogP contribution in [0.1, 0.15) is 57.2 Å². The lowest BCUT2D eigenvalue weighted by Crippen LogP contribution is -2.16. The molecule has 0 aliphatic carbocycles. The summed E-state index contributed by atoms with van der Waals surface area (Å²) in [6.45, 7) is 14.0. The first-order chi connectivity index (χ1) is 10.8. The maximum Gasteiger partial charge on any atom is 0.0310 e. The summed E-state index contributed by atoms with van der Waals surface area (Å²) in [4.78, 5) is 4.07. The van der Waals surface area contributed by atoms with Gasteiger partial charge in [-0.2, -0.15) is 0 Å². The lowest BCUT2D eigenvalue weighted by molar-refractivity contribution is 0.787. The number of nitrogens with one attached hydrogen (secondary N) is 1. The summed E-state index contributed by atoms with van der Waals surface area (Å²) >= 11 is 1.78. The summed E-state index contributed by atoms with van der Waals surface area (Å²) in [5, 5.41) is 0. The van der Waals surface area contributed by atoms with Gasteiger partial charge in [0, 0.05) is 23.7 Å². The number of nitrogens with zero attached hydrogens (tertiary/aromatic N) is 1. The Kier molecular flexibility index (Phi) is 8.35. The van der Waals surface area contributed by atoms with E-state index in [0.717, 1.165) is 6.54 Å². The second-order valence-corrected chi connectivity index (χ2v) is 8.63. The van der Waals surface area contributed by atoms with Crippen molar-refractivity contribution in [1.82, 2.24) is 9.71 Å². The van der Waals surface area contributed by atoms with Crippen LogP contribution in [0.5, 0.6) is 0 Å². The smallest absolute Gasteiger partial charge is 0.0310 e. The van der Waals surface area contributed by atoms with Crippen LogP contribution >= 0.6 is 11.9 Å². The zero-order valence-electron chi connectivity index (χ0n) is 15.3. The molecule has 0 amide bonds. The minimum absolute atomic E-state index is 0.286. The molecule has 1 heterocycles. The third-order valence-corrected chi connectivity index (χ3v) is 4.10. The molecule has 0 aliphatic rings. The summed E-state index contributed by atoms with van der Waals surface area (Å²) in [6, 6.07) is 12.5. The van der Waals surface area contributed by atoms with Gasteiger partial charge in [0.05, 0.1) is 0 Å². The van der Waals surface area contributed by atoms with Crippen LogP contribution in [-0.2, 0) is 6.54 Å². The first-order valence-corrected chi connectivity index (χ1v) is 8.96. The highest BCUT2D eigenvalue weighted by atomic mass is 32.2. The zero-order chi connectivity index (χ0) is 17.3. The summed E-state index contributed by atoms with van der Waals surface area (Å²) in [7, 11) is 0. The molecular formula is C20H30N2S. The summed E-state index contributed by atoms with van der Waals surface area (Å²) < 4.78 is 3.64. The minimum atomic E-state index is 0.286. The average Bonchev–Trinajstić information content (AvgIpc) is 2.48. The molecule has 0 radical (unpaired) electrons. The molecule has 1 aromatic carbocycles. The third-order valence-electron chi connectivity index (χ3n) is 3.20. The van der Waals surface area contributed by atoms with Crippen molar-refractivity contribution >= 4 is 11.9 Å². The predicted octanol–water partition coefficient (Wildman–Crippen LogP) is 5.74. The first kappa shape index (κ1) is 19.7. The van der Waals surface area contributed by atoms with Crippen LogP contribution in [0.15, 0.2) is 48.8 Å². The van der Waals surface area contributed by atoms with E-state index in [-0.39, 0.29) is 4.75 Å². The van der Waals surface area contributed by atoms with Gasteiger partial charge in [-0.3, -0.25) is 9.71 Å². The van der Waals surface area contributed by atoms with Gasteiger partial charge in [0.25, 0.3) is 0 Å². The number of rotatable bonds is 4. The molecule has 2 rings (SSSR count). The molecule has 2 nitrogen and oxygen atoms in total. The number of benzene rings is 1. The van der Waals surface area contributed by atoms with Crippen molar-refractivity contribution < 1.29 is 0 Å². The van der Waals surface area contributed by atoms with Crippen LogP contribution in [0.3, 0.4) is 0 Å². The summed E-state index contributed by atoms with van der Waals surface area (Å²) in [6.07, 6.45) is 3.78. The van der Waals surface area contributed by atoms with Gasteiger partial charge >= 0.3 is 0 Å². The maximum absolute atomic E-state index is 4.07. The number of aryl methyl sites for hydroxylation is 1. The monoisotopic (exact) mass is 330 g/mol. The molecule has 23 heavy (non-hydrogen) atoms. The highest BCUT2D eigenvalue weighted by Gasteiger charge is 2.09. The number of pyridine rings is 1. The van der Waals surface area contributed by atoms with Crippen LogP contribution in [-0.4, -0.2) is 9.73 Å². The van der Waals surface area contributed by atoms with Crippen LogP contribution < -0.4 is 4.72 Å². The zero-order valence-corrected chi connectivity index (χ0v) is 16.1. The van der Waals surface area contributed by atoms with Crippen LogP contribution in [0.2, 0.25) is 0 Å². The number of hydrogen-bond donors (Lipinski definition) is 1. The molecule has 1 aromatic heterocycles. The topological polar surface area (TPSA) is 24.9 Å². The van der Waals surface area contributed by atoms with E-state index in [0.29, 0.717) is 5.92 Å². The van der Waals surface area contributed by atoms with Crippen molar-refractivity contribution in [3.63, 3.8) is 0 Å². The van der Waals surface area contributed by atoms with Gasteiger partial charge in [0.1, 0.15) is 0 Å². The highest BCUT2D eigenvalue weighted by Crippen LogP contribution is 2.19. The molecule has 3 heteroatoms. The van der Waals surface area contributed by atoms with Crippen molar-refractivity contribution in [1.29, 1.82) is 0 Å². The maximum atomic E-state index is 4.07. The molecule has 0 fully saturated rings. The molecular weight excluding hydrogens is 300 g/mol. The standard InChI is InChI=1S/C11H17NS.C9H13N/c1-11(2,3)13-12-9-10-7-5-4-6-8-10;1-7(2)9-6-10-5-4-8(9)3/h4-8,12H,9H2,1-3H3;4-7H,1-3H3. The third kappa shape index (κ3) is 8.77. The largest absolute Gasteiger partial charge is 0.264 e. The molecule has 1 N–H and O–H groups in total. The molecule has 0 saturated heterocycles. The Morgan fingerprint density at radius 3 is 2.22 bits per heavy atom. The lowest BCUT2D eigenvalue weighted by atomic mass is 10.0. The van der Waals surface area contributed by atoms with Crippen LogP contribution in [0.4, 0.5) is 0 Å². The highest BCUT2D eigenvalue weighted by molar-refractivity contribution is 7.98. The summed E-state index contributed by atoms with van der Waals surface area (Å²) in [5.41, 5.74) is 4.02. The molecule has 126 valence electrons. The fraction of sp³-hybridized carbons (Fsp3) is 0.450. The molecule has 0 spiro atoms. The normalized spacial score (nSPS) is 11.1. The second-order valence-electron chi connectivity index (χ2n) is 6.91. The molecule has 0 saturated carbocycles. The van der Waals surface area contributed by atoms with E-state index in [2.05, 4.69) is 81.6 Å². The van der Waals surface area contributed by atoms with E-state index in [4.69, 9.17) is 0 Å². The molecule has 0 atom stereocenters. The van der Waals surface area contributed by atoms with Crippen molar-refractivity contribution in [3.8, 4) is 0 Å². The van der Waals surface area contributed by atoms with E-state index in [9.17, 15) is 0 Å². The SMILES string of the molecule is CC(C)(C)SNCc1ccccc1.Cc1ccncc1C(C)C. The van der Waals surface area contributed by atoms with Gasteiger partial charge < -0.3 is 0 Å². The Labute approximate surface area is 146 Å². The Morgan fingerprint density at radius 2 is 1.74 bits per heavy atom. The molecule has 0 aliphatic heterocycles. The van der Waals surface area contributed by atoms with Crippen molar-refractivity contribution in [3.05, 3.63) is 65.5 Å². The fourth-order valence-electron chi connectivity index (χ4n) is 2.01. The van der Waals surface area contributed by atoms with Gasteiger partial charge in [-0.15, -0.1) is 0 Å². The van der Waals surface area contributed by atoms with E-state index in [1.807, 2.05) is 18.5 Å². The van der Waals surface area contributed by atoms with Gasteiger partial charge in [-0.05, 0) is 56.4 Å².